The third-order valence-electron chi connectivity index (χ3n) is 8.69. The molecule has 42 heavy (non-hydrogen) atoms. The topological polar surface area (TPSA) is 169 Å². The van der Waals surface area contributed by atoms with Crippen LogP contribution in [0.5, 0.6) is 0 Å². The van der Waals surface area contributed by atoms with Crippen molar-refractivity contribution in [2.75, 3.05) is 16.8 Å². The highest BCUT2D eigenvalue weighted by atomic mass is 28.4. The van der Waals surface area contributed by atoms with E-state index in [2.05, 4.69) is 5.32 Å². The molecule has 3 aliphatic rings. The van der Waals surface area contributed by atoms with Crippen LogP contribution in [-0.2, 0) is 31.2 Å². The van der Waals surface area contributed by atoms with Gasteiger partial charge in [0.2, 0.25) is 8.41 Å². The van der Waals surface area contributed by atoms with Crippen molar-refractivity contribution in [1.29, 1.82) is 0 Å². The summed E-state index contributed by atoms with van der Waals surface area (Å²) in [6.07, 6.45) is -9.08. The first kappa shape index (κ1) is 30.7. The summed E-state index contributed by atoms with van der Waals surface area (Å²) in [6, 6.07) is 13.9. The summed E-state index contributed by atoms with van der Waals surface area (Å²) in [5.41, 5.74) is 0.547. The molecule has 228 valence electrons. The van der Waals surface area contributed by atoms with Crippen LogP contribution >= 0.6 is 0 Å². The number of carbonyl (C=O) groups is 2. The van der Waals surface area contributed by atoms with Crippen molar-refractivity contribution in [3.8, 4) is 0 Å². The fraction of sp³-hybridized carbons (Fsp3) is 0.517. The first-order valence-corrected chi connectivity index (χ1v) is 16.9. The number of ether oxygens (including phenoxy) is 2. The second kappa shape index (κ2) is 11.4. The molecule has 3 aliphatic heterocycles. The summed E-state index contributed by atoms with van der Waals surface area (Å²) >= 11 is 0. The quantitative estimate of drug-likeness (QED) is 0.200. The molecule has 2 fully saturated rings. The van der Waals surface area contributed by atoms with Gasteiger partial charge in [-0.15, -0.1) is 0 Å². The number of rotatable bonds is 7. The summed E-state index contributed by atoms with van der Waals surface area (Å²) in [7, 11) is -3.28. The predicted octanol–water partition coefficient (Wildman–Crippen LogP) is 1.13. The van der Waals surface area contributed by atoms with E-state index in [-0.39, 0.29) is 25.5 Å². The standard InChI is InChI=1S/C29H37FN2O9Si/c1-15-25(42(2,3)30)20(12-13-33)41-29(15)18-6-4-5-7-19(18)32(28(29)39)14-16-8-10-17(11-9-16)31-26(37)24-22(35)21(34)23(36)27(38)40-24/h4-11,15,20-25,27,33-36,38H,12-14H2,1-3H3,(H,31,37)/t15-,20+,21+,22+,23-,24+,25-,27-,29+/m1/s1. The third kappa shape index (κ3) is 5.07. The van der Waals surface area contributed by atoms with Gasteiger partial charge in [0.15, 0.2) is 18.0 Å². The zero-order valence-corrected chi connectivity index (χ0v) is 24.6. The van der Waals surface area contributed by atoms with Crippen LogP contribution in [0.15, 0.2) is 48.5 Å². The lowest BCUT2D eigenvalue weighted by Crippen LogP contribution is -2.60. The minimum Gasteiger partial charge on any atom is -0.396 e. The summed E-state index contributed by atoms with van der Waals surface area (Å²) in [6.45, 7) is 5.08. The normalized spacial score (nSPS) is 34.6. The number of aliphatic hydroxyl groups is 5. The number of fused-ring (bicyclic) bond motifs is 2. The number of aliphatic hydroxyl groups excluding tert-OH is 5. The molecule has 0 saturated carbocycles. The van der Waals surface area contributed by atoms with Crippen LogP contribution in [0.1, 0.15) is 24.5 Å². The van der Waals surface area contributed by atoms with Crippen molar-refractivity contribution < 1.29 is 48.7 Å². The smallest absolute Gasteiger partial charge is 0.264 e. The van der Waals surface area contributed by atoms with E-state index in [1.165, 1.54) is 0 Å². The molecule has 1 spiro atoms. The van der Waals surface area contributed by atoms with Crippen LogP contribution in [0.2, 0.25) is 18.6 Å². The Bertz CT molecular complexity index is 1320. The van der Waals surface area contributed by atoms with Gasteiger partial charge in [-0.1, -0.05) is 37.3 Å². The molecule has 3 heterocycles. The van der Waals surface area contributed by atoms with Crippen LogP contribution < -0.4 is 10.2 Å². The average molecular weight is 605 g/mol. The van der Waals surface area contributed by atoms with Gasteiger partial charge in [-0.2, -0.15) is 0 Å². The van der Waals surface area contributed by atoms with Crippen LogP contribution in [0.3, 0.4) is 0 Å². The lowest BCUT2D eigenvalue weighted by Gasteiger charge is -2.37. The van der Waals surface area contributed by atoms with Crippen molar-refractivity contribution in [3.05, 3.63) is 59.7 Å². The number of anilines is 2. The van der Waals surface area contributed by atoms with Gasteiger partial charge in [0.25, 0.3) is 11.8 Å². The predicted molar refractivity (Wildman–Crippen MR) is 151 cm³/mol. The molecule has 0 unspecified atom stereocenters. The highest BCUT2D eigenvalue weighted by Gasteiger charge is 2.66. The first-order valence-electron chi connectivity index (χ1n) is 14.0. The van der Waals surface area contributed by atoms with Crippen LogP contribution in [0, 0.1) is 5.92 Å². The number of hydrogen-bond acceptors (Lipinski definition) is 9. The Morgan fingerprint density at radius 2 is 1.71 bits per heavy atom. The average Bonchev–Trinajstić information content (AvgIpc) is 3.37. The lowest BCUT2D eigenvalue weighted by molar-refractivity contribution is -0.274. The summed E-state index contributed by atoms with van der Waals surface area (Å²) in [5.74, 6) is -1.57. The summed E-state index contributed by atoms with van der Waals surface area (Å²) < 4.78 is 27.0. The highest BCUT2D eigenvalue weighted by molar-refractivity contribution is 6.72. The number of nitrogens with one attached hydrogen (secondary N) is 1. The molecule has 0 radical (unpaired) electrons. The Labute approximate surface area is 243 Å². The van der Waals surface area contributed by atoms with Gasteiger partial charge in [0.05, 0.1) is 18.3 Å². The van der Waals surface area contributed by atoms with Crippen molar-refractivity contribution in [2.24, 2.45) is 5.92 Å². The molecule has 5 rings (SSSR count). The van der Waals surface area contributed by atoms with Crippen molar-refractivity contribution >= 4 is 31.6 Å². The van der Waals surface area contributed by atoms with Gasteiger partial charge >= 0.3 is 0 Å². The first-order chi connectivity index (χ1) is 19.8. The van der Waals surface area contributed by atoms with E-state index in [9.17, 15) is 35.1 Å². The number of halogens is 1. The third-order valence-corrected chi connectivity index (χ3v) is 11.1. The van der Waals surface area contributed by atoms with E-state index >= 15 is 4.11 Å². The van der Waals surface area contributed by atoms with Gasteiger partial charge in [-0.25, -0.2) is 0 Å². The molecule has 2 amide bonds. The van der Waals surface area contributed by atoms with Gasteiger partial charge < -0.3 is 49.3 Å². The molecule has 0 aromatic heterocycles. The highest BCUT2D eigenvalue weighted by Crippen LogP contribution is 2.60. The second-order valence-electron chi connectivity index (χ2n) is 11.8. The Morgan fingerprint density at radius 1 is 1.05 bits per heavy atom. The van der Waals surface area contributed by atoms with Gasteiger partial charge in [0.1, 0.15) is 18.3 Å². The molecule has 0 aliphatic carbocycles. The van der Waals surface area contributed by atoms with E-state index in [1.807, 2.05) is 31.2 Å². The fourth-order valence-corrected chi connectivity index (χ4v) is 9.27. The molecular formula is C29H37FN2O9Si. The van der Waals surface area contributed by atoms with Crippen LogP contribution in [-0.4, -0.2) is 89.2 Å². The molecular weight excluding hydrogens is 567 g/mol. The summed E-state index contributed by atoms with van der Waals surface area (Å²) in [5, 5.41) is 51.5. The Balaban J connectivity index is 1.35. The minimum absolute atomic E-state index is 0.175. The van der Waals surface area contributed by atoms with E-state index in [4.69, 9.17) is 9.47 Å². The van der Waals surface area contributed by atoms with E-state index in [0.717, 1.165) is 5.56 Å². The Hall–Kier alpha value is -2.75. The van der Waals surface area contributed by atoms with Crippen LogP contribution in [0.25, 0.3) is 0 Å². The maximum absolute atomic E-state index is 15.6. The van der Waals surface area contributed by atoms with E-state index < -0.39 is 68.2 Å². The van der Waals surface area contributed by atoms with Crippen LogP contribution in [0.4, 0.5) is 15.5 Å². The fourth-order valence-electron chi connectivity index (χ4n) is 6.72. The molecule has 2 aromatic carbocycles. The number of carbonyl (C=O) groups excluding carboxylic acids is 2. The van der Waals surface area contributed by atoms with Crippen molar-refractivity contribution in [2.45, 2.75) is 80.9 Å². The molecule has 9 atom stereocenters. The molecule has 11 nitrogen and oxygen atoms in total. The zero-order chi connectivity index (χ0) is 30.6. The zero-order valence-electron chi connectivity index (χ0n) is 23.6. The Morgan fingerprint density at radius 3 is 2.36 bits per heavy atom. The molecule has 13 heteroatoms. The largest absolute Gasteiger partial charge is 0.396 e. The van der Waals surface area contributed by atoms with Crippen molar-refractivity contribution in [1.82, 2.24) is 0 Å². The Kier molecular flexibility index (Phi) is 8.33. The van der Waals surface area contributed by atoms with Crippen molar-refractivity contribution in [3.63, 3.8) is 0 Å². The molecule has 0 bridgehead atoms. The summed E-state index contributed by atoms with van der Waals surface area (Å²) in [4.78, 5) is 28.5. The minimum atomic E-state index is -3.28. The van der Waals surface area contributed by atoms with E-state index in [1.54, 1.807) is 42.3 Å². The van der Waals surface area contributed by atoms with E-state index in [0.29, 0.717) is 16.9 Å². The maximum atomic E-state index is 15.6. The molecule has 2 saturated heterocycles. The monoisotopic (exact) mass is 604 g/mol. The number of amides is 2. The number of para-hydroxylation sites is 1. The number of nitrogens with zero attached hydrogens (tertiary/aromatic N) is 1. The van der Waals surface area contributed by atoms with Gasteiger partial charge in [0, 0.05) is 29.3 Å². The molecule has 6 N–H and O–H groups in total. The maximum Gasteiger partial charge on any atom is 0.264 e. The molecule has 2 aromatic rings. The van der Waals surface area contributed by atoms with Gasteiger partial charge in [-0.3, -0.25) is 9.59 Å². The van der Waals surface area contributed by atoms with Gasteiger partial charge in [-0.05, 0) is 43.3 Å². The lowest BCUT2D eigenvalue weighted by atomic mass is 9.82. The number of hydrogen-bond donors (Lipinski definition) is 6. The number of benzene rings is 2. The second-order valence-corrected chi connectivity index (χ2v) is 15.6. The SMILES string of the molecule is C[C@@H]1[C@@H]([Si](C)(C)F)[C@H](CCO)O[C@@]12C(=O)N(Cc1ccc(NC(=O)[C@H]3O[C@@H](O)[C@H](O)[C@@H](O)[C@@H]3O)cc1)c1ccccc12.